The summed E-state index contributed by atoms with van der Waals surface area (Å²) in [5.41, 5.74) is 4.37. The Morgan fingerprint density at radius 2 is 1.81 bits per heavy atom. The van der Waals surface area contributed by atoms with Gasteiger partial charge in [-0.1, -0.05) is 59.6 Å². The van der Waals surface area contributed by atoms with Crippen molar-refractivity contribution in [1.82, 2.24) is 4.57 Å². The van der Waals surface area contributed by atoms with Crippen LogP contribution in [0.3, 0.4) is 0 Å². The zero-order chi connectivity index (χ0) is 22.1. The lowest BCUT2D eigenvalue weighted by atomic mass is 10.0. The molecule has 0 spiro atoms. The van der Waals surface area contributed by atoms with Crippen LogP contribution in [0.5, 0.6) is 5.75 Å². The number of rotatable bonds is 6. The molecule has 5 rings (SSSR count). The molecule has 0 saturated heterocycles. The minimum Gasteiger partial charge on any atom is -0.492 e. The van der Waals surface area contributed by atoms with Gasteiger partial charge in [0.25, 0.3) is 5.91 Å². The van der Waals surface area contributed by atoms with Gasteiger partial charge in [-0.2, -0.15) is 0 Å². The topological polar surface area (TPSA) is 43.3 Å². The fourth-order valence-electron chi connectivity index (χ4n) is 4.02. The Balaban J connectivity index is 1.40. The van der Waals surface area contributed by atoms with Crippen LogP contribution < -0.4 is 10.1 Å². The van der Waals surface area contributed by atoms with Gasteiger partial charge in [0.1, 0.15) is 5.75 Å². The van der Waals surface area contributed by atoms with Gasteiger partial charge in [0.15, 0.2) is 0 Å². The Hall–Kier alpha value is -3.21. The van der Waals surface area contributed by atoms with E-state index in [-0.39, 0.29) is 5.91 Å². The summed E-state index contributed by atoms with van der Waals surface area (Å²) < 4.78 is 8.03. The molecule has 1 aliphatic heterocycles. The highest BCUT2D eigenvalue weighted by Crippen LogP contribution is 2.36. The molecule has 0 aliphatic carbocycles. The quantitative estimate of drug-likeness (QED) is 0.249. The van der Waals surface area contributed by atoms with Gasteiger partial charge < -0.3 is 14.6 Å². The standard InChI is InChI=1S/C26H20Cl2N2O2/c27-18-10-11-20-21(26(31)29-23(20)15-18)14-17-16-30(24-8-3-1-6-19(17)24)12-5-13-32-25-9-4-2-7-22(25)28/h1-4,6-11,14-16H,5,12-13H2,(H,29,31)/b21-14+. The molecule has 0 fully saturated rings. The van der Waals surface area contributed by atoms with Crippen LogP contribution in [0.4, 0.5) is 5.69 Å². The SMILES string of the molecule is O=C1Nc2cc(Cl)ccc2/C1=C\c1cn(CCCOc2ccccc2Cl)c2ccccc12. The van der Waals surface area contributed by atoms with Crippen LogP contribution in [0.15, 0.2) is 72.9 Å². The molecule has 0 saturated carbocycles. The van der Waals surface area contributed by atoms with Gasteiger partial charge in [0.05, 0.1) is 17.3 Å². The van der Waals surface area contributed by atoms with Crippen LogP contribution in [0.25, 0.3) is 22.6 Å². The Morgan fingerprint density at radius 1 is 1.00 bits per heavy atom. The number of hydrogen-bond donors (Lipinski definition) is 1. The van der Waals surface area contributed by atoms with Crippen molar-refractivity contribution < 1.29 is 9.53 Å². The van der Waals surface area contributed by atoms with Gasteiger partial charge in [0, 0.05) is 45.4 Å². The lowest BCUT2D eigenvalue weighted by Crippen LogP contribution is -2.04. The number of amides is 1. The van der Waals surface area contributed by atoms with Gasteiger partial charge >= 0.3 is 0 Å². The molecule has 1 aromatic heterocycles. The van der Waals surface area contributed by atoms with Crippen LogP contribution in [0, 0.1) is 0 Å². The number of para-hydroxylation sites is 2. The third kappa shape index (κ3) is 3.99. The normalized spacial score (nSPS) is 14.1. The maximum atomic E-state index is 12.6. The highest BCUT2D eigenvalue weighted by molar-refractivity contribution is 6.37. The number of carbonyl (C=O) groups is 1. The highest BCUT2D eigenvalue weighted by atomic mass is 35.5. The molecule has 6 heteroatoms. The number of aromatic nitrogens is 1. The summed E-state index contributed by atoms with van der Waals surface area (Å²) in [6.07, 6.45) is 4.87. The number of halogens is 2. The number of anilines is 1. The Bertz CT molecular complexity index is 1360. The van der Waals surface area contributed by atoms with E-state index >= 15 is 0 Å². The lowest BCUT2D eigenvalue weighted by Gasteiger charge is -2.09. The molecule has 1 amide bonds. The van der Waals surface area contributed by atoms with Crippen LogP contribution in [-0.2, 0) is 11.3 Å². The smallest absolute Gasteiger partial charge is 0.256 e. The second-order valence-corrected chi connectivity index (χ2v) is 8.47. The average molecular weight is 463 g/mol. The number of aryl methyl sites for hydroxylation is 1. The summed E-state index contributed by atoms with van der Waals surface area (Å²) in [5.74, 6) is 0.579. The van der Waals surface area contributed by atoms with E-state index in [1.807, 2.05) is 48.5 Å². The van der Waals surface area contributed by atoms with E-state index in [1.54, 1.807) is 12.1 Å². The fourth-order valence-corrected chi connectivity index (χ4v) is 4.38. The minimum atomic E-state index is -0.118. The maximum Gasteiger partial charge on any atom is 0.256 e. The van der Waals surface area contributed by atoms with Gasteiger partial charge in [0.2, 0.25) is 0 Å². The predicted octanol–water partition coefficient (Wildman–Crippen LogP) is 6.91. The van der Waals surface area contributed by atoms with E-state index in [0.29, 0.717) is 28.0 Å². The maximum absolute atomic E-state index is 12.6. The van der Waals surface area contributed by atoms with E-state index in [9.17, 15) is 4.79 Å². The highest BCUT2D eigenvalue weighted by Gasteiger charge is 2.24. The van der Waals surface area contributed by atoms with Crippen molar-refractivity contribution in [1.29, 1.82) is 0 Å². The van der Waals surface area contributed by atoms with Crippen LogP contribution in [0.2, 0.25) is 10.0 Å². The third-order valence-corrected chi connectivity index (χ3v) is 6.07. The van der Waals surface area contributed by atoms with E-state index < -0.39 is 0 Å². The van der Waals surface area contributed by atoms with Gasteiger partial charge in [-0.3, -0.25) is 4.79 Å². The molecule has 2 heterocycles. The number of carbonyl (C=O) groups excluding carboxylic acids is 1. The summed E-state index contributed by atoms with van der Waals surface area (Å²) in [7, 11) is 0. The fraction of sp³-hybridized carbons (Fsp3) is 0.115. The molecule has 3 aromatic carbocycles. The van der Waals surface area contributed by atoms with Gasteiger partial charge in [-0.15, -0.1) is 0 Å². The lowest BCUT2D eigenvalue weighted by molar-refractivity contribution is -0.110. The van der Waals surface area contributed by atoms with Crippen molar-refractivity contribution in [2.45, 2.75) is 13.0 Å². The third-order valence-electron chi connectivity index (χ3n) is 5.52. The first kappa shape index (κ1) is 20.7. The molecule has 0 bridgehead atoms. The summed E-state index contributed by atoms with van der Waals surface area (Å²) in [6, 6.07) is 21.1. The summed E-state index contributed by atoms with van der Waals surface area (Å²) in [4.78, 5) is 12.6. The monoisotopic (exact) mass is 462 g/mol. The predicted molar refractivity (Wildman–Crippen MR) is 131 cm³/mol. The van der Waals surface area contributed by atoms with E-state index in [2.05, 4.69) is 28.2 Å². The van der Waals surface area contributed by atoms with Crippen molar-refractivity contribution in [3.8, 4) is 5.75 Å². The van der Waals surface area contributed by atoms with Gasteiger partial charge in [-0.05, 0) is 42.8 Å². The summed E-state index contributed by atoms with van der Waals surface area (Å²) in [5, 5.41) is 5.21. The number of ether oxygens (including phenoxy) is 1. The zero-order valence-corrected chi connectivity index (χ0v) is 18.7. The zero-order valence-electron chi connectivity index (χ0n) is 17.1. The van der Waals surface area contributed by atoms with Crippen LogP contribution in [-0.4, -0.2) is 17.1 Å². The summed E-state index contributed by atoms with van der Waals surface area (Å²) in [6.45, 7) is 1.34. The summed E-state index contributed by atoms with van der Waals surface area (Å²) >= 11 is 12.2. The molecule has 0 radical (unpaired) electrons. The number of benzene rings is 3. The molecule has 4 nitrogen and oxygen atoms in total. The van der Waals surface area contributed by atoms with E-state index in [1.165, 1.54) is 0 Å². The average Bonchev–Trinajstić information content (AvgIpc) is 3.29. The molecule has 1 N–H and O–H groups in total. The van der Waals surface area contributed by atoms with Crippen molar-refractivity contribution in [2.75, 3.05) is 11.9 Å². The second-order valence-electron chi connectivity index (χ2n) is 7.63. The largest absolute Gasteiger partial charge is 0.492 e. The Morgan fingerprint density at radius 3 is 2.69 bits per heavy atom. The minimum absolute atomic E-state index is 0.118. The Kier molecular flexibility index (Phi) is 5.64. The van der Waals surface area contributed by atoms with Crippen molar-refractivity contribution >= 4 is 57.3 Å². The first-order valence-electron chi connectivity index (χ1n) is 10.4. The van der Waals surface area contributed by atoms with Crippen molar-refractivity contribution in [3.05, 3.63) is 94.1 Å². The molecular weight excluding hydrogens is 443 g/mol. The number of fused-ring (bicyclic) bond motifs is 2. The van der Waals surface area contributed by atoms with E-state index in [4.69, 9.17) is 27.9 Å². The first-order valence-corrected chi connectivity index (χ1v) is 11.1. The molecular formula is C26H20Cl2N2O2. The molecule has 0 unspecified atom stereocenters. The Labute approximate surface area is 196 Å². The number of hydrogen-bond acceptors (Lipinski definition) is 2. The van der Waals surface area contributed by atoms with Crippen LogP contribution in [0.1, 0.15) is 17.5 Å². The van der Waals surface area contributed by atoms with E-state index in [0.717, 1.165) is 40.7 Å². The molecule has 32 heavy (non-hydrogen) atoms. The second kappa shape index (κ2) is 8.73. The van der Waals surface area contributed by atoms with Gasteiger partial charge in [-0.25, -0.2) is 0 Å². The number of nitrogens with zero attached hydrogens (tertiary/aromatic N) is 1. The first-order chi connectivity index (χ1) is 15.6. The number of nitrogens with one attached hydrogen (secondary N) is 1. The van der Waals surface area contributed by atoms with Crippen molar-refractivity contribution in [3.63, 3.8) is 0 Å². The molecule has 4 aromatic rings. The molecule has 160 valence electrons. The molecule has 1 aliphatic rings. The molecule has 0 atom stereocenters. The van der Waals surface area contributed by atoms with Crippen molar-refractivity contribution in [2.24, 2.45) is 0 Å². The van der Waals surface area contributed by atoms with Crippen LogP contribution >= 0.6 is 23.2 Å².